The number of carbonyl (C=O) groups is 3. The molecule has 2 N–H and O–H groups in total. The number of likely N-dealkylation sites (tertiary alicyclic amines) is 1. The van der Waals surface area contributed by atoms with Crippen LogP contribution >= 0.6 is 0 Å². The molecule has 0 saturated carbocycles. The standard InChI is InChI=1S/C21H22N2O4/c24-19-10-5-11-23(19)14-15-6-4-9-17(12-15)21(27)22-18(13-20(25)26)16-7-2-1-3-8-16/h1-4,6-9,12,18H,5,10-11,13-14H2,(H,22,27)(H,25,26)/t18-/m0/s1. The summed E-state index contributed by atoms with van der Waals surface area (Å²) in [5.74, 6) is -1.18. The van der Waals surface area contributed by atoms with Crippen LogP contribution in [0.3, 0.4) is 0 Å². The van der Waals surface area contributed by atoms with Crippen LogP contribution in [-0.2, 0) is 16.1 Å². The molecule has 6 heteroatoms. The average Bonchev–Trinajstić information content (AvgIpc) is 3.06. The van der Waals surface area contributed by atoms with Crippen molar-refractivity contribution in [3.05, 3.63) is 71.3 Å². The molecule has 0 bridgehead atoms. The van der Waals surface area contributed by atoms with Crippen molar-refractivity contribution >= 4 is 17.8 Å². The van der Waals surface area contributed by atoms with Crippen molar-refractivity contribution in [1.29, 1.82) is 0 Å². The molecule has 6 nitrogen and oxygen atoms in total. The van der Waals surface area contributed by atoms with E-state index in [4.69, 9.17) is 5.11 Å². The third-order valence-electron chi connectivity index (χ3n) is 4.62. The minimum absolute atomic E-state index is 0.135. The molecule has 1 aliphatic rings. The van der Waals surface area contributed by atoms with Crippen molar-refractivity contribution in [2.75, 3.05) is 6.54 Å². The average molecular weight is 366 g/mol. The Morgan fingerprint density at radius 1 is 1.11 bits per heavy atom. The van der Waals surface area contributed by atoms with Crippen molar-refractivity contribution in [3.63, 3.8) is 0 Å². The van der Waals surface area contributed by atoms with Crippen molar-refractivity contribution in [3.8, 4) is 0 Å². The Balaban J connectivity index is 1.73. The fourth-order valence-electron chi connectivity index (χ4n) is 3.26. The zero-order chi connectivity index (χ0) is 19.2. The number of nitrogens with one attached hydrogen (secondary N) is 1. The fourth-order valence-corrected chi connectivity index (χ4v) is 3.26. The summed E-state index contributed by atoms with van der Waals surface area (Å²) in [6, 6.07) is 15.5. The van der Waals surface area contributed by atoms with Crippen LogP contribution in [0.15, 0.2) is 54.6 Å². The van der Waals surface area contributed by atoms with Gasteiger partial charge in [0, 0.05) is 25.1 Å². The van der Waals surface area contributed by atoms with Gasteiger partial charge in [-0.25, -0.2) is 0 Å². The first-order valence-electron chi connectivity index (χ1n) is 8.97. The smallest absolute Gasteiger partial charge is 0.305 e. The normalized spacial score (nSPS) is 14.8. The first kappa shape index (κ1) is 18.6. The van der Waals surface area contributed by atoms with Crippen LogP contribution in [-0.4, -0.2) is 34.3 Å². The van der Waals surface area contributed by atoms with Gasteiger partial charge in [0.25, 0.3) is 5.91 Å². The first-order valence-corrected chi connectivity index (χ1v) is 8.97. The molecule has 0 spiro atoms. The van der Waals surface area contributed by atoms with Gasteiger partial charge in [-0.3, -0.25) is 14.4 Å². The molecule has 1 aliphatic heterocycles. The van der Waals surface area contributed by atoms with Crippen molar-refractivity contribution in [2.45, 2.75) is 31.8 Å². The Morgan fingerprint density at radius 2 is 1.89 bits per heavy atom. The highest BCUT2D eigenvalue weighted by Gasteiger charge is 2.21. The van der Waals surface area contributed by atoms with Gasteiger partial charge >= 0.3 is 5.97 Å². The summed E-state index contributed by atoms with van der Waals surface area (Å²) in [6.45, 7) is 1.22. The summed E-state index contributed by atoms with van der Waals surface area (Å²) in [5.41, 5.74) is 2.07. The molecule has 3 rings (SSSR count). The van der Waals surface area contributed by atoms with Crippen molar-refractivity contribution < 1.29 is 19.5 Å². The molecule has 2 aromatic carbocycles. The van der Waals surface area contributed by atoms with Crippen molar-refractivity contribution in [2.24, 2.45) is 0 Å². The van der Waals surface area contributed by atoms with Gasteiger partial charge < -0.3 is 15.3 Å². The maximum Gasteiger partial charge on any atom is 0.305 e. The largest absolute Gasteiger partial charge is 0.481 e. The van der Waals surface area contributed by atoms with E-state index < -0.39 is 12.0 Å². The lowest BCUT2D eigenvalue weighted by molar-refractivity contribution is -0.137. The number of amides is 2. The van der Waals surface area contributed by atoms with Gasteiger partial charge in [-0.15, -0.1) is 0 Å². The number of aliphatic carboxylic acids is 1. The maximum atomic E-state index is 12.7. The lowest BCUT2D eigenvalue weighted by atomic mass is 10.0. The quantitative estimate of drug-likeness (QED) is 0.789. The third-order valence-corrected chi connectivity index (χ3v) is 4.62. The van der Waals surface area contributed by atoms with Crippen LogP contribution in [0.4, 0.5) is 0 Å². The Morgan fingerprint density at radius 3 is 2.56 bits per heavy atom. The highest BCUT2D eigenvalue weighted by atomic mass is 16.4. The molecular weight excluding hydrogens is 344 g/mol. The zero-order valence-corrected chi connectivity index (χ0v) is 14.9. The van der Waals surface area contributed by atoms with E-state index in [1.165, 1.54) is 0 Å². The number of carboxylic acids is 1. The van der Waals surface area contributed by atoms with Gasteiger partial charge in [0.1, 0.15) is 0 Å². The van der Waals surface area contributed by atoms with Gasteiger partial charge in [0.05, 0.1) is 12.5 Å². The van der Waals surface area contributed by atoms with Gasteiger partial charge in [-0.2, -0.15) is 0 Å². The molecule has 0 radical (unpaired) electrons. The highest BCUT2D eigenvalue weighted by Crippen LogP contribution is 2.19. The van der Waals surface area contributed by atoms with Gasteiger partial charge in [-0.05, 0) is 29.7 Å². The van der Waals surface area contributed by atoms with Gasteiger partial charge in [0.2, 0.25) is 5.91 Å². The second kappa shape index (κ2) is 8.49. The maximum absolute atomic E-state index is 12.7. The van der Waals surface area contributed by atoms with E-state index in [0.717, 1.165) is 24.1 Å². The molecule has 1 atom stereocenters. The predicted molar refractivity (Wildman–Crippen MR) is 100.0 cm³/mol. The van der Waals surface area contributed by atoms with Crippen LogP contribution in [0.2, 0.25) is 0 Å². The number of carboxylic acid groups (broad SMARTS) is 1. The second-order valence-corrected chi connectivity index (χ2v) is 6.65. The fraction of sp³-hybridized carbons (Fsp3) is 0.286. The van der Waals surface area contributed by atoms with Crippen LogP contribution in [0.5, 0.6) is 0 Å². The Bertz CT molecular complexity index is 835. The number of benzene rings is 2. The lowest BCUT2D eigenvalue weighted by Crippen LogP contribution is -2.30. The van der Waals surface area contributed by atoms with Gasteiger partial charge in [-0.1, -0.05) is 42.5 Å². The molecule has 1 fully saturated rings. The summed E-state index contributed by atoms with van der Waals surface area (Å²) >= 11 is 0. The van der Waals surface area contributed by atoms with Crippen LogP contribution in [0.1, 0.15) is 46.8 Å². The van der Waals surface area contributed by atoms with E-state index in [-0.39, 0.29) is 18.2 Å². The number of hydrogen-bond donors (Lipinski definition) is 2. The summed E-state index contributed by atoms with van der Waals surface area (Å²) in [5, 5.41) is 12.0. The zero-order valence-electron chi connectivity index (χ0n) is 14.9. The molecule has 0 aliphatic carbocycles. The number of hydrogen-bond acceptors (Lipinski definition) is 3. The van der Waals surface area contributed by atoms with Crippen LogP contribution in [0, 0.1) is 0 Å². The Kier molecular flexibility index (Phi) is 5.86. The minimum atomic E-state index is -0.981. The topological polar surface area (TPSA) is 86.7 Å². The molecule has 2 aromatic rings. The van der Waals surface area contributed by atoms with Crippen LogP contribution in [0.25, 0.3) is 0 Å². The number of carbonyl (C=O) groups excluding carboxylic acids is 2. The molecule has 27 heavy (non-hydrogen) atoms. The molecule has 1 heterocycles. The molecular formula is C21H22N2O4. The summed E-state index contributed by atoms with van der Waals surface area (Å²) in [7, 11) is 0. The Labute approximate surface area is 157 Å². The van der Waals surface area contributed by atoms with E-state index >= 15 is 0 Å². The number of nitrogens with zero attached hydrogens (tertiary/aromatic N) is 1. The van der Waals surface area contributed by atoms with Crippen molar-refractivity contribution in [1.82, 2.24) is 10.2 Å². The molecule has 2 amide bonds. The predicted octanol–water partition coefficient (Wildman–Crippen LogP) is 2.75. The summed E-state index contributed by atoms with van der Waals surface area (Å²) in [6.07, 6.45) is 1.25. The van der Waals surface area contributed by atoms with E-state index in [0.29, 0.717) is 18.5 Å². The molecule has 1 saturated heterocycles. The monoisotopic (exact) mass is 366 g/mol. The summed E-state index contributed by atoms with van der Waals surface area (Å²) in [4.78, 5) is 37.4. The molecule has 0 aromatic heterocycles. The first-order chi connectivity index (χ1) is 13.0. The Hall–Kier alpha value is -3.15. The SMILES string of the molecule is O=C(O)C[C@H](NC(=O)c1cccc(CN2CCCC2=O)c1)c1ccccc1. The third kappa shape index (κ3) is 4.94. The van der Waals surface area contributed by atoms with E-state index in [2.05, 4.69) is 5.32 Å². The lowest BCUT2D eigenvalue weighted by Gasteiger charge is -2.19. The minimum Gasteiger partial charge on any atom is -0.481 e. The van der Waals surface area contributed by atoms with E-state index in [1.54, 1.807) is 35.2 Å². The highest BCUT2D eigenvalue weighted by molar-refractivity contribution is 5.95. The second-order valence-electron chi connectivity index (χ2n) is 6.65. The van der Waals surface area contributed by atoms with E-state index in [1.807, 2.05) is 24.3 Å². The number of rotatable bonds is 7. The summed E-state index contributed by atoms with van der Waals surface area (Å²) < 4.78 is 0. The van der Waals surface area contributed by atoms with Gasteiger partial charge in [0.15, 0.2) is 0 Å². The molecule has 140 valence electrons. The molecule has 0 unspecified atom stereocenters. The van der Waals surface area contributed by atoms with E-state index in [9.17, 15) is 14.4 Å². The van der Waals surface area contributed by atoms with Crippen LogP contribution < -0.4 is 5.32 Å².